The first-order chi connectivity index (χ1) is 11.4. The van der Waals surface area contributed by atoms with E-state index in [0.717, 1.165) is 5.56 Å². The molecule has 2 aromatic carbocycles. The van der Waals surface area contributed by atoms with Crippen molar-refractivity contribution in [2.75, 3.05) is 5.32 Å². The topological polar surface area (TPSA) is 92.7 Å². The van der Waals surface area contributed by atoms with Crippen molar-refractivity contribution in [1.82, 2.24) is 0 Å². The van der Waals surface area contributed by atoms with Gasteiger partial charge < -0.3 is 9.84 Å². The van der Waals surface area contributed by atoms with Crippen molar-refractivity contribution in [2.24, 2.45) is 0 Å². The second-order valence-corrected chi connectivity index (χ2v) is 5.22. The maximum absolute atomic E-state index is 11.8. The molecule has 0 atom stereocenters. The quantitative estimate of drug-likeness (QED) is 0.790. The fourth-order valence-corrected chi connectivity index (χ4v) is 1.96. The van der Waals surface area contributed by atoms with Crippen LogP contribution in [0.5, 0.6) is 5.75 Å². The zero-order chi connectivity index (χ0) is 17.5. The molecule has 124 valence electrons. The van der Waals surface area contributed by atoms with Crippen molar-refractivity contribution in [1.29, 1.82) is 0 Å². The lowest BCUT2D eigenvalue weighted by molar-refractivity contribution is -0.136. The predicted molar refractivity (Wildman–Crippen MR) is 88.5 cm³/mol. The molecule has 0 radical (unpaired) electrons. The van der Waals surface area contributed by atoms with Crippen molar-refractivity contribution in [3.8, 4) is 5.75 Å². The van der Waals surface area contributed by atoms with Crippen LogP contribution in [0.1, 0.15) is 28.8 Å². The monoisotopic (exact) mass is 327 g/mol. The molecule has 0 heterocycles. The molecule has 2 aromatic rings. The highest BCUT2D eigenvalue weighted by Gasteiger charge is 2.09. The number of nitrogens with one attached hydrogen (secondary N) is 1. The molecular formula is C18H17NO5. The number of carboxylic acids is 1. The Balaban J connectivity index is 1.91. The molecule has 2 N–H and O–H groups in total. The number of benzene rings is 2. The van der Waals surface area contributed by atoms with E-state index in [1.165, 1.54) is 12.1 Å². The van der Waals surface area contributed by atoms with E-state index in [4.69, 9.17) is 9.84 Å². The second kappa shape index (κ2) is 7.92. The number of carbonyl (C=O) groups is 3. The van der Waals surface area contributed by atoms with Gasteiger partial charge in [-0.15, -0.1) is 0 Å². The average Bonchev–Trinajstić information content (AvgIpc) is 2.55. The van der Waals surface area contributed by atoms with E-state index < -0.39 is 12.1 Å². The third kappa shape index (κ3) is 5.24. The fraction of sp³-hybridized carbons (Fsp3) is 0.167. The number of aliphatic carboxylic acids is 1. The Morgan fingerprint density at radius 2 is 1.58 bits per heavy atom. The number of ketones is 1. The summed E-state index contributed by atoms with van der Waals surface area (Å²) >= 11 is 0. The van der Waals surface area contributed by atoms with Crippen molar-refractivity contribution in [3.63, 3.8) is 0 Å². The summed E-state index contributed by atoms with van der Waals surface area (Å²) in [6, 6.07) is 13.2. The Hall–Kier alpha value is -3.15. The summed E-state index contributed by atoms with van der Waals surface area (Å²) in [7, 11) is 0. The SMILES string of the molecule is Cc1ccc(OC(=O)Nc2ccc(C(=O)CCC(=O)O)cc2)cc1. The normalized spacial score (nSPS) is 10.0. The summed E-state index contributed by atoms with van der Waals surface area (Å²) in [5.41, 5.74) is 1.93. The molecule has 0 aromatic heterocycles. The lowest BCUT2D eigenvalue weighted by Crippen LogP contribution is -2.16. The fourth-order valence-electron chi connectivity index (χ4n) is 1.96. The first-order valence-corrected chi connectivity index (χ1v) is 7.34. The molecule has 0 aliphatic rings. The molecule has 0 spiro atoms. The van der Waals surface area contributed by atoms with Gasteiger partial charge in [0.25, 0.3) is 0 Å². The van der Waals surface area contributed by atoms with E-state index in [-0.39, 0.29) is 18.6 Å². The first kappa shape index (κ1) is 17.2. The van der Waals surface area contributed by atoms with E-state index in [1.807, 2.05) is 19.1 Å². The van der Waals surface area contributed by atoms with Crippen LogP contribution in [0.15, 0.2) is 48.5 Å². The van der Waals surface area contributed by atoms with Gasteiger partial charge in [0.2, 0.25) is 0 Å². The van der Waals surface area contributed by atoms with Crippen molar-refractivity contribution >= 4 is 23.5 Å². The number of amides is 1. The standard InChI is InChI=1S/C18H17NO5/c1-12-2-8-15(9-3-12)24-18(23)19-14-6-4-13(5-7-14)16(20)10-11-17(21)22/h2-9H,10-11H2,1H3,(H,19,23)(H,21,22). The maximum Gasteiger partial charge on any atom is 0.417 e. The van der Waals surface area contributed by atoms with Crippen LogP contribution in [0, 0.1) is 6.92 Å². The maximum atomic E-state index is 11.8. The molecule has 6 nitrogen and oxygen atoms in total. The minimum absolute atomic E-state index is 0.0580. The summed E-state index contributed by atoms with van der Waals surface area (Å²) in [4.78, 5) is 34.0. The lowest BCUT2D eigenvalue weighted by atomic mass is 10.1. The number of carboxylic acid groups (broad SMARTS) is 1. The summed E-state index contributed by atoms with van der Waals surface area (Å²) in [6.45, 7) is 1.93. The Morgan fingerprint density at radius 3 is 2.17 bits per heavy atom. The van der Waals surface area contributed by atoms with Gasteiger partial charge in [-0.3, -0.25) is 14.9 Å². The Bertz CT molecular complexity index is 735. The molecular weight excluding hydrogens is 310 g/mol. The van der Waals surface area contributed by atoms with E-state index in [1.54, 1.807) is 24.3 Å². The molecule has 0 bridgehead atoms. The minimum atomic E-state index is -1.01. The van der Waals surface area contributed by atoms with E-state index in [9.17, 15) is 14.4 Å². The van der Waals surface area contributed by atoms with Gasteiger partial charge in [0.1, 0.15) is 5.75 Å². The van der Waals surface area contributed by atoms with Gasteiger partial charge >= 0.3 is 12.1 Å². The second-order valence-electron chi connectivity index (χ2n) is 5.22. The molecule has 0 unspecified atom stereocenters. The molecule has 24 heavy (non-hydrogen) atoms. The zero-order valence-corrected chi connectivity index (χ0v) is 13.1. The third-order valence-corrected chi connectivity index (χ3v) is 3.25. The summed E-state index contributed by atoms with van der Waals surface area (Å²) in [6.07, 6.45) is -0.900. The number of ether oxygens (including phenoxy) is 1. The molecule has 0 aliphatic heterocycles. The molecule has 1 amide bonds. The summed E-state index contributed by atoms with van der Waals surface area (Å²) < 4.78 is 5.13. The van der Waals surface area contributed by atoms with Gasteiger partial charge in [-0.25, -0.2) is 4.79 Å². The number of hydrogen-bond donors (Lipinski definition) is 2. The van der Waals surface area contributed by atoms with Gasteiger partial charge in [0.05, 0.1) is 6.42 Å². The van der Waals surface area contributed by atoms with E-state index in [2.05, 4.69) is 5.32 Å². The van der Waals surface area contributed by atoms with Crippen LogP contribution in [0.3, 0.4) is 0 Å². The highest BCUT2D eigenvalue weighted by Crippen LogP contribution is 2.15. The third-order valence-electron chi connectivity index (χ3n) is 3.25. The Labute approximate surface area is 139 Å². The summed E-state index contributed by atoms with van der Waals surface area (Å²) in [5.74, 6) is -0.842. The smallest absolute Gasteiger partial charge is 0.417 e. The van der Waals surface area contributed by atoms with Gasteiger partial charge in [-0.1, -0.05) is 17.7 Å². The van der Waals surface area contributed by atoms with Crippen LogP contribution in [0.25, 0.3) is 0 Å². The van der Waals surface area contributed by atoms with Crippen LogP contribution in [0.4, 0.5) is 10.5 Å². The van der Waals surface area contributed by atoms with Crippen LogP contribution < -0.4 is 10.1 Å². The summed E-state index contributed by atoms with van der Waals surface area (Å²) in [5, 5.41) is 11.1. The number of carbonyl (C=O) groups excluding carboxylic acids is 2. The number of hydrogen-bond acceptors (Lipinski definition) is 4. The Morgan fingerprint density at radius 1 is 0.958 bits per heavy atom. The van der Waals surface area contributed by atoms with E-state index in [0.29, 0.717) is 17.0 Å². The highest BCUT2D eigenvalue weighted by atomic mass is 16.6. The van der Waals surface area contributed by atoms with Crippen LogP contribution in [-0.4, -0.2) is 23.0 Å². The van der Waals surface area contributed by atoms with Gasteiger partial charge in [-0.05, 0) is 43.3 Å². The predicted octanol–water partition coefficient (Wildman–Crippen LogP) is 3.65. The van der Waals surface area contributed by atoms with Gasteiger partial charge in [0, 0.05) is 17.7 Å². The molecule has 6 heteroatoms. The zero-order valence-electron chi connectivity index (χ0n) is 13.1. The van der Waals surface area contributed by atoms with Crippen LogP contribution >= 0.6 is 0 Å². The number of aryl methyl sites for hydroxylation is 1. The Kier molecular flexibility index (Phi) is 5.68. The number of anilines is 1. The first-order valence-electron chi connectivity index (χ1n) is 7.34. The van der Waals surface area contributed by atoms with E-state index >= 15 is 0 Å². The lowest BCUT2D eigenvalue weighted by Gasteiger charge is -2.07. The number of Topliss-reactive ketones (excluding diaryl/α,β-unsaturated/α-hetero) is 1. The van der Waals surface area contributed by atoms with Crippen molar-refractivity contribution in [2.45, 2.75) is 19.8 Å². The molecule has 0 aliphatic carbocycles. The molecule has 0 saturated carbocycles. The van der Waals surface area contributed by atoms with Crippen LogP contribution in [-0.2, 0) is 4.79 Å². The van der Waals surface area contributed by atoms with Crippen LogP contribution in [0.2, 0.25) is 0 Å². The van der Waals surface area contributed by atoms with Gasteiger partial charge in [0.15, 0.2) is 5.78 Å². The highest BCUT2D eigenvalue weighted by molar-refractivity contribution is 5.98. The minimum Gasteiger partial charge on any atom is -0.481 e. The largest absolute Gasteiger partial charge is 0.481 e. The average molecular weight is 327 g/mol. The molecule has 0 saturated heterocycles. The number of rotatable bonds is 6. The molecule has 2 rings (SSSR count). The van der Waals surface area contributed by atoms with Gasteiger partial charge in [-0.2, -0.15) is 0 Å². The van der Waals surface area contributed by atoms with Crippen molar-refractivity contribution < 1.29 is 24.2 Å². The van der Waals surface area contributed by atoms with Crippen molar-refractivity contribution in [3.05, 3.63) is 59.7 Å². The molecule has 0 fully saturated rings.